The van der Waals surface area contributed by atoms with Crippen LogP contribution in [0.3, 0.4) is 0 Å². The van der Waals surface area contributed by atoms with Crippen LogP contribution in [0.25, 0.3) is 0 Å². The number of ether oxygens (including phenoxy) is 2. The largest absolute Gasteiger partial charge is 0.490 e. The molecular weight excluding hydrogens is 506 g/mol. The minimum Gasteiger partial charge on any atom is -0.475 e. The van der Waals surface area contributed by atoms with E-state index in [0.717, 1.165) is 57.1 Å². The Kier molecular flexibility index (Phi) is 11.7. The van der Waals surface area contributed by atoms with E-state index >= 15 is 0 Å². The molecule has 1 aromatic heterocycles. The summed E-state index contributed by atoms with van der Waals surface area (Å²) in [4.78, 5) is 22.4. The molecule has 2 aliphatic heterocycles. The van der Waals surface area contributed by atoms with Gasteiger partial charge < -0.3 is 29.0 Å². The Morgan fingerprint density at radius 1 is 1.11 bits per heavy atom. The van der Waals surface area contributed by atoms with E-state index in [1.54, 1.807) is 0 Å². The van der Waals surface area contributed by atoms with Gasteiger partial charge in [0.15, 0.2) is 0 Å². The van der Waals surface area contributed by atoms with E-state index in [1.165, 1.54) is 0 Å². The van der Waals surface area contributed by atoms with Crippen LogP contribution >= 0.6 is 0 Å². The third kappa shape index (κ3) is 11.6. The number of aryl methyl sites for hydroxylation is 1. The zero-order valence-corrected chi connectivity index (χ0v) is 20.0. The van der Waals surface area contributed by atoms with Crippen molar-refractivity contribution in [2.45, 2.75) is 50.4 Å². The van der Waals surface area contributed by atoms with Crippen LogP contribution in [0.2, 0.25) is 0 Å². The van der Waals surface area contributed by atoms with Crippen molar-refractivity contribution in [3.8, 4) is 0 Å². The minimum absolute atomic E-state index is 0.140. The minimum atomic E-state index is -5.08. The molecular formula is C21H30F6N2O7. The molecule has 0 saturated carbocycles. The van der Waals surface area contributed by atoms with Gasteiger partial charge in [0.1, 0.15) is 17.1 Å². The van der Waals surface area contributed by atoms with Crippen LogP contribution in [0, 0.1) is 6.92 Å². The molecule has 2 fully saturated rings. The van der Waals surface area contributed by atoms with Crippen LogP contribution in [0.1, 0.15) is 24.4 Å². The summed E-state index contributed by atoms with van der Waals surface area (Å²) in [5.41, 5.74) is -0.140. The van der Waals surface area contributed by atoms with Gasteiger partial charge >= 0.3 is 24.3 Å². The van der Waals surface area contributed by atoms with Gasteiger partial charge in [-0.3, -0.25) is 4.90 Å². The van der Waals surface area contributed by atoms with E-state index in [2.05, 4.69) is 30.0 Å². The second-order valence-corrected chi connectivity index (χ2v) is 8.61. The molecule has 0 bridgehead atoms. The average molecular weight is 536 g/mol. The zero-order chi connectivity index (χ0) is 27.7. The molecule has 3 heterocycles. The number of carboxylic acids is 2. The number of hydrogen-bond donors (Lipinski definition) is 2. The predicted molar refractivity (Wildman–Crippen MR) is 112 cm³/mol. The summed E-state index contributed by atoms with van der Waals surface area (Å²) in [5.74, 6) is -3.52. The molecule has 0 aliphatic carbocycles. The summed E-state index contributed by atoms with van der Waals surface area (Å²) in [6.07, 6.45) is -7.64. The van der Waals surface area contributed by atoms with Gasteiger partial charge in [-0.15, -0.1) is 0 Å². The van der Waals surface area contributed by atoms with Crippen molar-refractivity contribution in [1.29, 1.82) is 0 Å². The van der Waals surface area contributed by atoms with Gasteiger partial charge in [0.25, 0.3) is 0 Å². The third-order valence-corrected chi connectivity index (χ3v) is 5.00. The fraction of sp³-hybridized carbons (Fsp3) is 0.714. The summed E-state index contributed by atoms with van der Waals surface area (Å²) in [6, 6.07) is 4.09. The monoisotopic (exact) mass is 536 g/mol. The molecule has 15 heteroatoms. The molecule has 9 nitrogen and oxygen atoms in total. The summed E-state index contributed by atoms with van der Waals surface area (Å²) < 4.78 is 81.5. The van der Waals surface area contributed by atoms with Crippen LogP contribution in [0.4, 0.5) is 26.3 Å². The third-order valence-electron chi connectivity index (χ3n) is 5.00. The van der Waals surface area contributed by atoms with E-state index in [1.807, 2.05) is 13.0 Å². The van der Waals surface area contributed by atoms with Crippen LogP contribution in [0.5, 0.6) is 0 Å². The van der Waals surface area contributed by atoms with Crippen LogP contribution in [0.15, 0.2) is 16.5 Å². The van der Waals surface area contributed by atoms with Crippen molar-refractivity contribution in [1.82, 2.24) is 9.80 Å². The van der Waals surface area contributed by atoms with Crippen molar-refractivity contribution in [3.05, 3.63) is 23.7 Å². The molecule has 2 aliphatic rings. The Morgan fingerprint density at radius 3 is 2.11 bits per heavy atom. The predicted octanol–water partition coefficient (Wildman–Crippen LogP) is 3.17. The average Bonchev–Trinajstić information content (AvgIpc) is 3.23. The first kappa shape index (κ1) is 31.7. The maximum Gasteiger partial charge on any atom is 0.490 e. The molecule has 0 aromatic carbocycles. The number of aliphatic carboxylic acids is 2. The van der Waals surface area contributed by atoms with Gasteiger partial charge in [0.2, 0.25) is 0 Å². The van der Waals surface area contributed by atoms with Crippen molar-refractivity contribution in [3.63, 3.8) is 0 Å². The lowest BCUT2D eigenvalue weighted by Gasteiger charge is -2.32. The van der Waals surface area contributed by atoms with Gasteiger partial charge in [0, 0.05) is 19.6 Å². The Labute approximate surface area is 203 Å². The lowest BCUT2D eigenvalue weighted by atomic mass is 10.00. The first-order chi connectivity index (χ1) is 16.4. The van der Waals surface area contributed by atoms with Crippen LogP contribution < -0.4 is 0 Å². The number of carbonyl (C=O) groups is 2. The summed E-state index contributed by atoms with van der Waals surface area (Å²) in [7, 11) is 4.20. The normalized spacial score (nSPS) is 22.9. The van der Waals surface area contributed by atoms with E-state index in [0.29, 0.717) is 12.7 Å². The van der Waals surface area contributed by atoms with Crippen molar-refractivity contribution in [2.75, 3.05) is 46.9 Å². The highest BCUT2D eigenvalue weighted by molar-refractivity contribution is 5.73. The van der Waals surface area contributed by atoms with Gasteiger partial charge in [-0.2, -0.15) is 26.3 Å². The maximum atomic E-state index is 10.6. The molecule has 2 N–H and O–H groups in total. The molecule has 36 heavy (non-hydrogen) atoms. The first-order valence-electron chi connectivity index (χ1n) is 10.7. The Bertz CT molecular complexity index is 819. The zero-order valence-electron chi connectivity index (χ0n) is 20.0. The van der Waals surface area contributed by atoms with Crippen LogP contribution in [-0.2, 0) is 25.6 Å². The van der Waals surface area contributed by atoms with Gasteiger partial charge in [-0.25, -0.2) is 9.59 Å². The number of halogens is 6. The van der Waals surface area contributed by atoms with E-state index in [-0.39, 0.29) is 5.60 Å². The fourth-order valence-electron chi connectivity index (χ4n) is 3.56. The first-order valence-corrected chi connectivity index (χ1v) is 10.7. The number of alkyl halides is 6. The summed E-state index contributed by atoms with van der Waals surface area (Å²) >= 11 is 0. The molecule has 0 radical (unpaired) electrons. The quantitative estimate of drug-likeness (QED) is 0.561. The van der Waals surface area contributed by atoms with E-state index in [9.17, 15) is 26.3 Å². The van der Waals surface area contributed by atoms with Crippen LogP contribution in [-0.4, -0.2) is 103 Å². The molecule has 3 rings (SSSR count). The molecule has 1 aromatic rings. The van der Waals surface area contributed by atoms with Gasteiger partial charge in [-0.1, -0.05) is 0 Å². The molecule has 208 valence electrons. The number of likely N-dealkylation sites (N-methyl/N-ethyl adjacent to an activating group) is 1. The second kappa shape index (κ2) is 13.3. The Morgan fingerprint density at radius 2 is 1.67 bits per heavy atom. The Hall–Kier alpha value is -2.36. The van der Waals surface area contributed by atoms with Crippen molar-refractivity contribution in [2.24, 2.45) is 0 Å². The molecule has 2 saturated heterocycles. The second-order valence-electron chi connectivity index (χ2n) is 8.61. The van der Waals surface area contributed by atoms with E-state index < -0.39 is 24.3 Å². The molecule has 2 atom stereocenters. The lowest BCUT2D eigenvalue weighted by molar-refractivity contribution is -0.193. The number of rotatable bonds is 4. The number of furan rings is 1. The molecule has 2 unspecified atom stereocenters. The summed E-state index contributed by atoms with van der Waals surface area (Å²) in [5, 5.41) is 14.2. The van der Waals surface area contributed by atoms with Gasteiger partial charge in [-0.05, 0) is 46.0 Å². The highest BCUT2D eigenvalue weighted by Crippen LogP contribution is 2.33. The van der Waals surface area contributed by atoms with Crippen molar-refractivity contribution < 1.29 is 60.0 Å². The maximum absolute atomic E-state index is 10.6. The van der Waals surface area contributed by atoms with E-state index in [4.69, 9.17) is 33.7 Å². The SMILES string of the molecule is Cc1ccc(CN2CCOCC3(CCC(CN(C)C)O3)C2)o1.O=C(O)C(F)(F)F.O=C(O)C(F)(F)F. The number of carboxylic acid groups (broad SMARTS) is 2. The summed E-state index contributed by atoms with van der Waals surface area (Å²) in [6.45, 7) is 7.15. The van der Waals surface area contributed by atoms with Gasteiger partial charge in [0.05, 0.1) is 25.9 Å². The standard InChI is InChI=1S/C17H28N2O3.2C2HF3O2/c1-14-4-5-15(21-14)11-19-8-9-20-13-17(12-19)7-6-16(22-17)10-18(2)3;2*3-2(4,5)1(6)7/h4-5,16H,6-13H2,1-3H3;2*(H,6,7). The Balaban J connectivity index is 0.000000383. The smallest absolute Gasteiger partial charge is 0.475 e. The highest BCUT2D eigenvalue weighted by Gasteiger charge is 2.43. The fourth-order valence-corrected chi connectivity index (χ4v) is 3.56. The molecule has 0 amide bonds. The lowest BCUT2D eigenvalue weighted by Crippen LogP contribution is -2.44. The molecule has 1 spiro atoms. The topological polar surface area (TPSA) is 113 Å². The number of hydrogen-bond acceptors (Lipinski definition) is 7. The highest BCUT2D eigenvalue weighted by atomic mass is 19.4. The number of nitrogens with zero attached hydrogens (tertiary/aromatic N) is 2. The van der Waals surface area contributed by atoms with Crippen molar-refractivity contribution >= 4 is 11.9 Å².